The zero-order chi connectivity index (χ0) is 36.1. The molecule has 0 atom stereocenters. The van der Waals surface area contributed by atoms with Crippen LogP contribution in [0.15, 0.2) is 48.8 Å². The molecule has 4 aliphatic rings. The Balaban J connectivity index is 1.02. The Labute approximate surface area is 302 Å². The number of alkyl halides is 2. The second kappa shape index (κ2) is 14.0. The number of hydrogen-bond acceptors (Lipinski definition) is 7. The first-order valence-corrected chi connectivity index (χ1v) is 18.5. The Morgan fingerprint density at radius 3 is 2.31 bits per heavy atom. The van der Waals surface area contributed by atoms with Crippen molar-refractivity contribution >= 4 is 29.1 Å². The van der Waals surface area contributed by atoms with Crippen LogP contribution in [-0.2, 0) is 31.2 Å². The molecule has 0 spiro atoms. The predicted octanol–water partition coefficient (Wildman–Crippen LogP) is 6.21. The number of nitrogens with zero attached hydrogens (tertiary/aromatic N) is 8. The van der Waals surface area contributed by atoms with Crippen LogP contribution in [0.2, 0.25) is 0 Å². The Bertz CT molecular complexity index is 1960. The van der Waals surface area contributed by atoms with E-state index in [9.17, 15) is 23.5 Å². The molecule has 1 saturated heterocycles. The van der Waals surface area contributed by atoms with Gasteiger partial charge in [-0.15, -0.1) is 0 Å². The number of carboxylic acids is 1. The fraction of sp³-hybridized carbons (Fsp3) is 0.487. The van der Waals surface area contributed by atoms with E-state index in [1.54, 1.807) is 49.2 Å². The lowest BCUT2D eigenvalue weighted by molar-refractivity contribution is -0.129. The summed E-state index contributed by atoms with van der Waals surface area (Å²) in [5.74, 6) is -0.0823. The molecule has 1 N–H and O–H groups in total. The van der Waals surface area contributed by atoms with Crippen molar-refractivity contribution in [3.8, 4) is 11.1 Å². The van der Waals surface area contributed by atoms with Gasteiger partial charge in [-0.05, 0) is 86.1 Å². The van der Waals surface area contributed by atoms with Crippen molar-refractivity contribution in [3.63, 3.8) is 0 Å². The first kappa shape index (κ1) is 34.3. The summed E-state index contributed by atoms with van der Waals surface area (Å²) in [7, 11) is 1.79. The third kappa shape index (κ3) is 6.44. The van der Waals surface area contributed by atoms with Crippen LogP contribution in [0, 0.1) is 0 Å². The molecule has 2 aromatic carbocycles. The van der Waals surface area contributed by atoms with Crippen LogP contribution in [0.5, 0.6) is 0 Å². The van der Waals surface area contributed by atoms with E-state index in [2.05, 4.69) is 24.5 Å². The number of benzene rings is 2. The molecule has 3 aliphatic heterocycles. The van der Waals surface area contributed by atoms with Gasteiger partial charge in [-0.3, -0.25) is 19.1 Å². The van der Waals surface area contributed by atoms with Gasteiger partial charge in [0.05, 0.1) is 24.3 Å². The summed E-state index contributed by atoms with van der Waals surface area (Å²) in [5.41, 5.74) is 6.58. The van der Waals surface area contributed by atoms with Crippen LogP contribution in [0.1, 0.15) is 84.2 Å². The Morgan fingerprint density at radius 2 is 1.65 bits per heavy atom. The molecule has 1 amide bonds. The number of piperazine rings is 1. The molecule has 13 heteroatoms. The molecule has 2 fully saturated rings. The van der Waals surface area contributed by atoms with E-state index in [0.717, 1.165) is 99.4 Å². The number of carbonyl (C=O) groups is 2. The highest BCUT2D eigenvalue weighted by molar-refractivity contribution is 5.88. The summed E-state index contributed by atoms with van der Waals surface area (Å²) in [6.07, 6.45) is 7.32. The van der Waals surface area contributed by atoms with Gasteiger partial charge in [0.25, 0.3) is 6.43 Å². The molecule has 4 aromatic rings. The van der Waals surface area contributed by atoms with Gasteiger partial charge in [-0.25, -0.2) is 13.6 Å². The van der Waals surface area contributed by atoms with Gasteiger partial charge >= 0.3 is 5.97 Å². The smallest absolute Gasteiger partial charge is 0.335 e. The van der Waals surface area contributed by atoms with E-state index >= 15 is 0 Å². The van der Waals surface area contributed by atoms with Gasteiger partial charge in [-0.1, -0.05) is 0 Å². The summed E-state index contributed by atoms with van der Waals surface area (Å²) in [5, 5.41) is 18.8. The molecule has 52 heavy (non-hydrogen) atoms. The molecule has 0 unspecified atom stereocenters. The van der Waals surface area contributed by atoms with Gasteiger partial charge < -0.3 is 19.8 Å². The largest absolute Gasteiger partial charge is 0.478 e. The summed E-state index contributed by atoms with van der Waals surface area (Å²) >= 11 is 0. The Morgan fingerprint density at radius 1 is 0.923 bits per heavy atom. The number of aromatic carboxylic acids is 1. The minimum absolute atomic E-state index is 0.00689. The van der Waals surface area contributed by atoms with Crippen molar-refractivity contribution in [3.05, 3.63) is 76.7 Å². The van der Waals surface area contributed by atoms with Crippen molar-refractivity contribution in [2.75, 3.05) is 49.1 Å². The van der Waals surface area contributed by atoms with Gasteiger partial charge in [0.2, 0.25) is 5.91 Å². The third-order valence-corrected chi connectivity index (χ3v) is 11.7. The molecular weight excluding hydrogens is 666 g/mol. The number of fused-ring (bicyclic) bond motifs is 2. The highest BCUT2D eigenvalue weighted by atomic mass is 19.3. The minimum atomic E-state index is -2.65. The van der Waals surface area contributed by atoms with E-state index in [4.69, 9.17) is 5.10 Å². The van der Waals surface area contributed by atoms with Crippen molar-refractivity contribution in [2.45, 2.75) is 76.9 Å². The summed E-state index contributed by atoms with van der Waals surface area (Å²) in [6.45, 7) is 7.15. The van der Waals surface area contributed by atoms with Gasteiger partial charge in [0, 0.05) is 106 Å². The fourth-order valence-corrected chi connectivity index (χ4v) is 8.90. The zero-order valence-corrected chi connectivity index (χ0v) is 29.8. The first-order chi connectivity index (χ1) is 25.1. The zero-order valence-electron chi connectivity index (χ0n) is 29.8. The van der Waals surface area contributed by atoms with Crippen LogP contribution in [0.25, 0.3) is 11.1 Å². The number of aryl methyl sites for hydroxylation is 2. The molecule has 274 valence electrons. The first-order valence-electron chi connectivity index (χ1n) is 18.5. The number of aromatic nitrogens is 4. The monoisotopic (exact) mass is 712 g/mol. The molecule has 0 radical (unpaired) electrons. The maximum absolute atomic E-state index is 14.6. The number of hydrogen-bond donors (Lipinski definition) is 1. The predicted molar refractivity (Wildman–Crippen MR) is 194 cm³/mol. The van der Waals surface area contributed by atoms with Gasteiger partial charge in [0.1, 0.15) is 0 Å². The molecule has 8 rings (SSSR count). The number of halogens is 2. The lowest BCUT2D eigenvalue weighted by Crippen LogP contribution is -2.51. The highest BCUT2D eigenvalue weighted by Gasteiger charge is 2.36. The van der Waals surface area contributed by atoms with E-state index in [1.165, 1.54) is 5.69 Å². The third-order valence-electron chi connectivity index (χ3n) is 11.7. The minimum Gasteiger partial charge on any atom is -0.478 e. The second-order valence-corrected chi connectivity index (χ2v) is 14.7. The number of amides is 1. The maximum Gasteiger partial charge on any atom is 0.335 e. The normalized spacial score (nSPS) is 21.0. The van der Waals surface area contributed by atoms with Crippen LogP contribution < -0.4 is 9.80 Å². The molecule has 0 bridgehead atoms. The highest BCUT2D eigenvalue weighted by Crippen LogP contribution is 2.44. The van der Waals surface area contributed by atoms with Crippen LogP contribution >= 0.6 is 0 Å². The summed E-state index contributed by atoms with van der Waals surface area (Å²) in [6, 6.07) is 11.5. The Kier molecular flexibility index (Phi) is 9.23. The van der Waals surface area contributed by atoms with Crippen molar-refractivity contribution in [1.82, 2.24) is 29.4 Å². The molecule has 1 saturated carbocycles. The number of carboxylic acid groups (broad SMARTS) is 1. The number of rotatable bonds is 7. The standard InChI is InChI=1S/C39H46F2N8O3/c1-25(50)47-15-13-35-34(24-47)38(48-14-3-4-27-20-32(28-22-42-44(2)23-28)33(37(40)41)21-36(27)48)43-49(35)31-11-9-30(10-12-31)46-18-16-45(17-19-46)29-7-5-26(6-8-29)39(51)52/h5-8,20-23,30-31,37H,3-4,9-19,24H2,1-2H3,(H,51,52). The van der Waals surface area contributed by atoms with Gasteiger partial charge in [-0.2, -0.15) is 10.2 Å². The van der Waals surface area contributed by atoms with E-state index in [0.29, 0.717) is 42.4 Å². The van der Waals surface area contributed by atoms with Crippen molar-refractivity contribution in [2.24, 2.45) is 7.05 Å². The summed E-state index contributed by atoms with van der Waals surface area (Å²) in [4.78, 5) is 32.8. The van der Waals surface area contributed by atoms with Crippen LogP contribution in [0.4, 0.5) is 26.0 Å². The van der Waals surface area contributed by atoms with E-state index in [-0.39, 0.29) is 17.5 Å². The second-order valence-electron chi connectivity index (χ2n) is 14.7. The van der Waals surface area contributed by atoms with Crippen LogP contribution in [0.3, 0.4) is 0 Å². The van der Waals surface area contributed by atoms with Crippen molar-refractivity contribution in [1.29, 1.82) is 0 Å². The number of anilines is 3. The van der Waals surface area contributed by atoms with Gasteiger partial charge in [0.15, 0.2) is 5.82 Å². The fourth-order valence-electron chi connectivity index (χ4n) is 8.90. The average molecular weight is 713 g/mol. The molecule has 11 nitrogen and oxygen atoms in total. The SMILES string of the molecule is CC(=O)N1CCc2c(c(N3CCCc4cc(-c5cnn(C)c5)c(C(F)F)cc43)nn2C2CCC(N3CCN(c4ccc(C(=O)O)cc4)CC3)CC2)C1. The molecule has 2 aromatic heterocycles. The average Bonchev–Trinajstić information content (AvgIpc) is 3.77. The lowest BCUT2D eigenvalue weighted by atomic mass is 9.89. The van der Waals surface area contributed by atoms with E-state index < -0.39 is 12.4 Å². The molecular formula is C39H46F2N8O3. The topological polar surface area (TPSA) is 103 Å². The molecule has 1 aliphatic carbocycles. The van der Waals surface area contributed by atoms with Crippen molar-refractivity contribution < 1.29 is 23.5 Å². The molecule has 5 heterocycles. The summed E-state index contributed by atoms with van der Waals surface area (Å²) < 4.78 is 33.2. The maximum atomic E-state index is 14.6. The quantitative estimate of drug-likeness (QED) is 0.241. The lowest BCUT2D eigenvalue weighted by Gasteiger charge is -2.43. The number of carbonyl (C=O) groups excluding carboxylic acids is 1. The Hall–Kier alpha value is -4.78. The van der Waals surface area contributed by atoms with E-state index in [1.807, 2.05) is 23.1 Å². The van der Waals surface area contributed by atoms with Crippen LogP contribution in [-0.4, -0.2) is 91.7 Å².